The minimum Gasteiger partial charge on any atom is -0.351 e. The second-order valence-electron chi connectivity index (χ2n) is 3.83. The zero-order valence-corrected chi connectivity index (χ0v) is 8.21. The second-order valence-corrected chi connectivity index (χ2v) is 3.83. The summed E-state index contributed by atoms with van der Waals surface area (Å²) in [4.78, 5) is 10.6. The maximum absolute atomic E-state index is 10.6. The van der Waals surface area contributed by atoms with Gasteiger partial charge in [0.15, 0.2) is 0 Å². The molecule has 0 spiro atoms. The molecule has 0 radical (unpaired) electrons. The third-order valence-corrected chi connectivity index (χ3v) is 2.55. The molecule has 1 aliphatic carbocycles. The smallest absolute Gasteiger partial charge is 0.316 e. The summed E-state index contributed by atoms with van der Waals surface area (Å²) in [5.74, 6) is 0.748. The minimum absolute atomic E-state index is 0.511. The fourth-order valence-electron chi connectivity index (χ4n) is 1.75. The fourth-order valence-corrected chi connectivity index (χ4v) is 1.75. The zero-order valence-electron chi connectivity index (χ0n) is 8.21. The maximum Gasteiger partial charge on any atom is 0.316 e. The number of hydrogen-bond donors (Lipinski definition) is 2. The Hall–Kier alpha value is -1.51. The monoisotopic (exact) mass is 190 g/mol. The molecule has 1 aromatic rings. The van der Waals surface area contributed by atoms with E-state index < -0.39 is 6.03 Å². The normalized spacial score (nSPS) is 15.2. The maximum atomic E-state index is 10.6. The molecule has 1 fully saturated rings. The van der Waals surface area contributed by atoms with Gasteiger partial charge in [0.25, 0.3) is 0 Å². The predicted molar refractivity (Wildman–Crippen MR) is 56.4 cm³/mol. The van der Waals surface area contributed by atoms with E-state index in [2.05, 4.69) is 18.3 Å². The van der Waals surface area contributed by atoms with Crippen molar-refractivity contribution in [3.63, 3.8) is 0 Å². The number of nitrogens with one attached hydrogen (secondary N) is 1. The first-order chi connectivity index (χ1) is 6.66. The molecule has 0 aliphatic heterocycles. The molecular weight excluding hydrogens is 176 g/mol. The highest BCUT2D eigenvalue weighted by Crippen LogP contribution is 2.41. The highest BCUT2D eigenvalue weighted by Gasteiger charge is 2.24. The summed E-state index contributed by atoms with van der Waals surface area (Å²) in [5.41, 5.74) is 8.45. The molecular formula is C11H14N2O. The summed E-state index contributed by atoms with van der Waals surface area (Å²) in [6, 6.07) is 5.45. The van der Waals surface area contributed by atoms with Crippen molar-refractivity contribution in [3.05, 3.63) is 29.3 Å². The Kier molecular flexibility index (Phi) is 2.15. The zero-order chi connectivity index (χ0) is 10.1. The highest BCUT2D eigenvalue weighted by molar-refractivity contribution is 5.87. The van der Waals surface area contributed by atoms with E-state index in [0.717, 1.165) is 11.6 Å². The average molecular weight is 190 g/mol. The Bertz CT molecular complexity index is 370. The van der Waals surface area contributed by atoms with Crippen LogP contribution in [0.25, 0.3) is 0 Å². The fraction of sp³-hybridized carbons (Fsp3) is 0.364. The molecule has 0 saturated heterocycles. The summed E-state index contributed by atoms with van der Waals surface area (Å²) in [6.07, 6.45) is 2.59. The molecule has 0 bridgehead atoms. The van der Waals surface area contributed by atoms with Crippen LogP contribution in [0.5, 0.6) is 0 Å². The molecule has 2 amide bonds. The van der Waals surface area contributed by atoms with Crippen LogP contribution in [0.1, 0.15) is 29.9 Å². The number of aryl methyl sites for hydroxylation is 1. The number of benzene rings is 1. The van der Waals surface area contributed by atoms with E-state index in [0.29, 0.717) is 0 Å². The Balaban J connectivity index is 2.21. The van der Waals surface area contributed by atoms with Gasteiger partial charge in [-0.05, 0) is 48.9 Å². The molecule has 0 atom stereocenters. The number of anilines is 1. The number of primary amides is 1. The van der Waals surface area contributed by atoms with Gasteiger partial charge in [0.05, 0.1) is 0 Å². The van der Waals surface area contributed by atoms with Crippen LogP contribution >= 0.6 is 0 Å². The molecule has 14 heavy (non-hydrogen) atoms. The lowest BCUT2D eigenvalue weighted by atomic mass is 10.0. The summed E-state index contributed by atoms with van der Waals surface area (Å²) in [5, 5.41) is 2.57. The Morgan fingerprint density at radius 1 is 1.50 bits per heavy atom. The second kappa shape index (κ2) is 3.33. The van der Waals surface area contributed by atoms with Crippen LogP contribution in [-0.2, 0) is 0 Å². The van der Waals surface area contributed by atoms with Crippen LogP contribution in [0.3, 0.4) is 0 Å². The molecule has 74 valence electrons. The minimum atomic E-state index is -0.511. The number of carbonyl (C=O) groups is 1. The SMILES string of the molecule is Cc1cc(NC(N)=O)ccc1C1CC1. The van der Waals surface area contributed by atoms with Crippen LogP contribution < -0.4 is 11.1 Å². The van der Waals surface area contributed by atoms with E-state index in [-0.39, 0.29) is 0 Å². The van der Waals surface area contributed by atoms with E-state index in [9.17, 15) is 4.79 Å². The van der Waals surface area contributed by atoms with E-state index in [4.69, 9.17) is 5.73 Å². The summed E-state index contributed by atoms with van der Waals surface area (Å²) < 4.78 is 0. The lowest BCUT2D eigenvalue weighted by molar-refractivity contribution is 0.259. The highest BCUT2D eigenvalue weighted by atomic mass is 16.2. The molecule has 2 rings (SSSR count). The van der Waals surface area contributed by atoms with Crippen molar-refractivity contribution in [2.45, 2.75) is 25.7 Å². The molecule has 3 nitrogen and oxygen atoms in total. The first-order valence-corrected chi connectivity index (χ1v) is 4.84. The molecule has 3 heteroatoms. The van der Waals surface area contributed by atoms with Gasteiger partial charge in [-0.25, -0.2) is 4.79 Å². The molecule has 0 aromatic heterocycles. The lowest BCUT2D eigenvalue weighted by Gasteiger charge is -2.07. The average Bonchev–Trinajstić information content (AvgIpc) is 2.86. The van der Waals surface area contributed by atoms with Crippen molar-refractivity contribution in [3.8, 4) is 0 Å². The van der Waals surface area contributed by atoms with Gasteiger partial charge in [-0.15, -0.1) is 0 Å². The quantitative estimate of drug-likeness (QED) is 0.739. The van der Waals surface area contributed by atoms with Crippen molar-refractivity contribution in [2.24, 2.45) is 5.73 Å². The Morgan fingerprint density at radius 2 is 2.21 bits per heavy atom. The van der Waals surface area contributed by atoms with Gasteiger partial charge in [-0.2, -0.15) is 0 Å². The van der Waals surface area contributed by atoms with Crippen molar-refractivity contribution in [1.82, 2.24) is 0 Å². The van der Waals surface area contributed by atoms with E-state index in [1.807, 2.05) is 12.1 Å². The third-order valence-electron chi connectivity index (χ3n) is 2.55. The van der Waals surface area contributed by atoms with Gasteiger partial charge in [-0.1, -0.05) is 6.07 Å². The number of urea groups is 1. The van der Waals surface area contributed by atoms with E-state index >= 15 is 0 Å². The number of rotatable bonds is 2. The summed E-state index contributed by atoms with van der Waals surface area (Å²) in [7, 11) is 0. The first kappa shape index (κ1) is 9.06. The predicted octanol–water partition coefficient (Wildman–Crippen LogP) is 2.36. The van der Waals surface area contributed by atoms with Crippen LogP contribution in [0.2, 0.25) is 0 Å². The van der Waals surface area contributed by atoms with Crippen molar-refractivity contribution < 1.29 is 4.79 Å². The number of nitrogens with two attached hydrogens (primary N) is 1. The molecule has 1 aromatic carbocycles. The van der Waals surface area contributed by atoms with E-state index in [1.54, 1.807) is 0 Å². The standard InChI is InChI=1S/C11H14N2O/c1-7-6-9(13-11(12)14)4-5-10(7)8-2-3-8/h4-6,8H,2-3H2,1H3,(H3,12,13,14). The van der Waals surface area contributed by atoms with Gasteiger partial charge in [-0.3, -0.25) is 0 Å². The van der Waals surface area contributed by atoms with Crippen molar-refractivity contribution in [2.75, 3.05) is 5.32 Å². The summed E-state index contributed by atoms with van der Waals surface area (Å²) in [6.45, 7) is 2.07. The lowest BCUT2D eigenvalue weighted by Crippen LogP contribution is -2.19. The van der Waals surface area contributed by atoms with Crippen LogP contribution in [0.4, 0.5) is 10.5 Å². The number of hydrogen-bond acceptors (Lipinski definition) is 1. The van der Waals surface area contributed by atoms with E-state index in [1.165, 1.54) is 24.0 Å². The van der Waals surface area contributed by atoms with Gasteiger partial charge >= 0.3 is 6.03 Å². The van der Waals surface area contributed by atoms with Crippen molar-refractivity contribution in [1.29, 1.82) is 0 Å². The molecule has 0 heterocycles. The Labute approximate surface area is 83.3 Å². The largest absolute Gasteiger partial charge is 0.351 e. The number of amides is 2. The number of carbonyl (C=O) groups excluding carboxylic acids is 1. The van der Waals surface area contributed by atoms with Gasteiger partial charge < -0.3 is 11.1 Å². The van der Waals surface area contributed by atoms with Crippen molar-refractivity contribution >= 4 is 11.7 Å². The van der Waals surface area contributed by atoms with Crippen LogP contribution in [0, 0.1) is 6.92 Å². The topological polar surface area (TPSA) is 55.1 Å². The molecule has 3 N–H and O–H groups in total. The Morgan fingerprint density at radius 3 is 2.71 bits per heavy atom. The van der Waals surface area contributed by atoms with Gasteiger partial charge in [0, 0.05) is 5.69 Å². The van der Waals surface area contributed by atoms with Gasteiger partial charge in [0.2, 0.25) is 0 Å². The molecule has 1 saturated carbocycles. The van der Waals surface area contributed by atoms with Crippen LogP contribution in [-0.4, -0.2) is 6.03 Å². The molecule has 0 unspecified atom stereocenters. The summed E-state index contributed by atoms with van der Waals surface area (Å²) >= 11 is 0. The van der Waals surface area contributed by atoms with Crippen LogP contribution in [0.15, 0.2) is 18.2 Å². The third kappa shape index (κ3) is 1.87. The molecule has 1 aliphatic rings. The first-order valence-electron chi connectivity index (χ1n) is 4.84. The van der Waals surface area contributed by atoms with Gasteiger partial charge in [0.1, 0.15) is 0 Å².